The third kappa shape index (κ3) is 2.40. The van der Waals surface area contributed by atoms with E-state index in [4.69, 9.17) is 0 Å². The number of benzene rings is 1. The minimum Gasteiger partial charge on any atom is -0.507 e. The van der Waals surface area contributed by atoms with Crippen molar-refractivity contribution in [3.05, 3.63) is 35.3 Å². The molecule has 1 unspecified atom stereocenters. The molecule has 1 aromatic carbocycles. The van der Waals surface area contributed by atoms with Gasteiger partial charge in [-0.3, -0.25) is 0 Å². The fraction of sp³-hybridized carbons (Fsp3) is 0.250. The van der Waals surface area contributed by atoms with Crippen molar-refractivity contribution in [3.8, 4) is 16.3 Å². The van der Waals surface area contributed by atoms with Gasteiger partial charge in [-0.05, 0) is 19.1 Å². The van der Waals surface area contributed by atoms with E-state index in [1.165, 1.54) is 11.3 Å². The molecule has 16 heavy (non-hydrogen) atoms. The molecular weight excluding hydrogens is 222 g/mol. The molecule has 0 saturated carbocycles. The zero-order chi connectivity index (χ0) is 11.5. The Morgan fingerprint density at radius 2 is 2.12 bits per heavy atom. The average Bonchev–Trinajstić information content (AvgIpc) is 2.66. The van der Waals surface area contributed by atoms with Gasteiger partial charge in [-0.25, -0.2) is 4.98 Å². The van der Waals surface area contributed by atoms with Crippen LogP contribution in [-0.2, 0) is 6.42 Å². The van der Waals surface area contributed by atoms with Crippen molar-refractivity contribution in [2.75, 3.05) is 0 Å². The molecule has 0 aliphatic carbocycles. The molecule has 1 heterocycles. The van der Waals surface area contributed by atoms with E-state index in [0.29, 0.717) is 6.42 Å². The first kappa shape index (κ1) is 11.1. The molecule has 0 radical (unpaired) electrons. The monoisotopic (exact) mass is 235 g/mol. The van der Waals surface area contributed by atoms with Crippen LogP contribution in [0.4, 0.5) is 0 Å². The Bertz CT molecular complexity index is 479. The number of aromatic nitrogens is 1. The van der Waals surface area contributed by atoms with Gasteiger partial charge in [0.25, 0.3) is 0 Å². The summed E-state index contributed by atoms with van der Waals surface area (Å²) in [5, 5.41) is 19.7. The molecule has 0 amide bonds. The SMILES string of the molecule is CC(O)Cc1cnc(-c2ccccc2O)s1. The van der Waals surface area contributed by atoms with E-state index >= 15 is 0 Å². The highest BCUT2D eigenvalue weighted by Gasteiger charge is 2.09. The van der Waals surface area contributed by atoms with E-state index in [9.17, 15) is 10.2 Å². The smallest absolute Gasteiger partial charge is 0.127 e. The quantitative estimate of drug-likeness (QED) is 0.859. The molecule has 0 aliphatic rings. The molecule has 4 heteroatoms. The predicted octanol–water partition coefficient (Wildman–Crippen LogP) is 2.44. The topological polar surface area (TPSA) is 53.4 Å². The summed E-state index contributed by atoms with van der Waals surface area (Å²) >= 11 is 1.50. The molecule has 2 N–H and O–H groups in total. The number of rotatable bonds is 3. The first-order valence-electron chi connectivity index (χ1n) is 5.08. The fourth-order valence-electron chi connectivity index (χ4n) is 1.47. The molecule has 0 fully saturated rings. The third-order valence-corrected chi connectivity index (χ3v) is 3.24. The fourth-order valence-corrected chi connectivity index (χ4v) is 2.54. The number of hydrogen-bond donors (Lipinski definition) is 2. The minimum absolute atomic E-state index is 0.237. The highest BCUT2D eigenvalue weighted by molar-refractivity contribution is 7.15. The first-order chi connectivity index (χ1) is 7.66. The number of aliphatic hydroxyl groups is 1. The average molecular weight is 235 g/mol. The Morgan fingerprint density at radius 1 is 1.38 bits per heavy atom. The lowest BCUT2D eigenvalue weighted by atomic mass is 10.2. The van der Waals surface area contributed by atoms with E-state index in [1.54, 1.807) is 25.3 Å². The van der Waals surface area contributed by atoms with Gasteiger partial charge in [0.05, 0.1) is 11.7 Å². The summed E-state index contributed by atoms with van der Waals surface area (Å²) in [5.41, 5.74) is 0.740. The number of aromatic hydroxyl groups is 1. The standard InChI is InChI=1S/C12H13NO2S/c1-8(14)6-9-7-13-12(16-9)10-4-2-3-5-11(10)15/h2-5,7-8,14-15H,6H2,1H3. The summed E-state index contributed by atoms with van der Waals surface area (Å²) < 4.78 is 0. The molecular formula is C12H13NO2S. The van der Waals surface area contributed by atoms with E-state index < -0.39 is 0 Å². The van der Waals surface area contributed by atoms with Crippen LogP contribution in [0.25, 0.3) is 10.6 Å². The van der Waals surface area contributed by atoms with Crippen LogP contribution in [0, 0.1) is 0 Å². The maximum Gasteiger partial charge on any atom is 0.127 e. The maximum atomic E-state index is 9.67. The summed E-state index contributed by atoms with van der Waals surface area (Å²) in [6.45, 7) is 1.75. The first-order valence-corrected chi connectivity index (χ1v) is 5.89. The molecule has 0 aliphatic heterocycles. The van der Waals surface area contributed by atoms with Gasteiger partial charge < -0.3 is 10.2 Å². The highest BCUT2D eigenvalue weighted by Crippen LogP contribution is 2.32. The summed E-state index contributed by atoms with van der Waals surface area (Å²) in [4.78, 5) is 5.27. The van der Waals surface area contributed by atoms with E-state index in [0.717, 1.165) is 15.4 Å². The molecule has 0 saturated heterocycles. The van der Waals surface area contributed by atoms with Gasteiger partial charge in [-0.1, -0.05) is 12.1 Å². The van der Waals surface area contributed by atoms with Crippen molar-refractivity contribution in [1.29, 1.82) is 0 Å². The second kappa shape index (κ2) is 4.63. The number of thiazole rings is 1. The second-order valence-electron chi connectivity index (χ2n) is 3.70. The zero-order valence-electron chi connectivity index (χ0n) is 8.92. The minimum atomic E-state index is -0.363. The molecule has 2 aromatic rings. The Labute approximate surface area is 98.0 Å². The largest absolute Gasteiger partial charge is 0.507 e. The third-order valence-electron chi connectivity index (χ3n) is 2.18. The van der Waals surface area contributed by atoms with Crippen molar-refractivity contribution < 1.29 is 10.2 Å². The summed E-state index contributed by atoms with van der Waals surface area (Å²) in [6.07, 6.45) is 1.99. The number of phenolic OH excluding ortho intramolecular Hbond substituents is 1. The Balaban J connectivity index is 2.28. The predicted molar refractivity (Wildman–Crippen MR) is 64.6 cm³/mol. The lowest BCUT2D eigenvalue weighted by Crippen LogP contribution is -2.01. The van der Waals surface area contributed by atoms with Crippen LogP contribution in [0.15, 0.2) is 30.5 Å². The van der Waals surface area contributed by atoms with Crippen LogP contribution < -0.4 is 0 Å². The van der Waals surface area contributed by atoms with Gasteiger partial charge in [-0.2, -0.15) is 0 Å². The molecule has 0 bridgehead atoms. The van der Waals surface area contributed by atoms with Crippen LogP contribution in [0.5, 0.6) is 5.75 Å². The second-order valence-corrected chi connectivity index (χ2v) is 4.82. The van der Waals surface area contributed by atoms with Crippen LogP contribution in [-0.4, -0.2) is 21.3 Å². The number of aliphatic hydroxyl groups excluding tert-OH is 1. The number of phenols is 1. The van der Waals surface area contributed by atoms with Gasteiger partial charge >= 0.3 is 0 Å². The van der Waals surface area contributed by atoms with E-state index in [2.05, 4.69) is 4.98 Å². The number of hydrogen-bond acceptors (Lipinski definition) is 4. The van der Waals surface area contributed by atoms with E-state index in [1.807, 2.05) is 12.1 Å². The molecule has 1 atom stereocenters. The van der Waals surface area contributed by atoms with Gasteiger partial charge in [0, 0.05) is 17.5 Å². The van der Waals surface area contributed by atoms with Crippen molar-refractivity contribution >= 4 is 11.3 Å². The number of nitrogens with zero attached hydrogens (tertiary/aromatic N) is 1. The van der Waals surface area contributed by atoms with Crippen molar-refractivity contribution in [2.24, 2.45) is 0 Å². The van der Waals surface area contributed by atoms with Gasteiger partial charge in [0.15, 0.2) is 0 Å². The summed E-state index contributed by atoms with van der Waals surface area (Å²) in [5.74, 6) is 0.237. The molecule has 0 spiro atoms. The van der Waals surface area contributed by atoms with Crippen LogP contribution in [0.1, 0.15) is 11.8 Å². The lowest BCUT2D eigenvalue weighted by molar-refractivity contribution is 0.196. The van der Waals surface area contributed by atoms with Crippen LogP contribution in [0.3, 0.4) is 0 Å². The number of para-hydroxylation sites is 1. The van der Waals surface area contributed by atoms with Gasteiger partial charge in [0.1, 0.15) is 10.8 Å². The normalized spacial score (nSPS) is 12.6. The van der Waals surface area contributed by atoms with Gasteiger partial charge in [0.2, 0.25) is 0 Å². The Hall–Kier alpha value is -1.39. The molecule has 3 nitrogen and oxygen atoms in total. The Kier molecular flexibility index (Phi) is 3.22. The van der Waals surface area contributed by atoms with E-state index in [-0.39, 0.29) is 11.9 Å². The highest BCUT2D eigenvalue weighted by atomic mass is 32.1. The Morgan fingerprint density at radius 3 is 2.81 bits per heavy atom. The lowest BCUT2D eigenvalue weighted by Gasteiger charge is -2.00. The molecule has 84 valence electrons. The summed E-state index contributed by atoms with van der Waals surface area (Å²) in [6, 6.07) is 7.12. The maximum absolute atomic E-state index is 9.67. The summed E-state index contributed by atoms with van der Waals surface area (Å²) in [7, 11) is 0. The molecule has 1 aromatic heterocycles. The zero-order valence-corrected chi connectivity index (χ0v) is 9.74. The van der Waals surface area contributed by atoms with Crippen molar-refractivity contribution in [1.82, 2.24) is 4.98 Å². The van der Waals surface area contributed by atoms with Crippen LogP contribution in [0.2, 0.25) is 0 Å². The van der Waals surface area contributed by atoms with Gasteiger partial charge in [-0.15, -0.1) is 11.3 Å². The van der Waals surface area contributed by atoms with Crippen molar-refractivity contribution in [2.45, 2.75) is 19.4 Å². The van der Waals surface area contributed by atoms with Crippen LogP contribution >= 0.6 is 11.3 Å². The van der Waals surface area contributed by atoms with Crippen molar-refractivity contribution in [3.63, 3.8) is 0 Å². The molecule has 2 rings (SSSR count).